The lowest BCUT2D eigenvalue weighted by molar-refractivity contribution is 0.210. The van der Waals surface area contributed by atoms with Crippen LogP contribution in [0.1, 0.15) is 0 Å². The lowest BCUT2D eigenvalue weighted by atomic mass is 10.2. The SMILES string of the molecule is COC1=NN(c2ccccc2NC(=O)O)NC(Cl)=C1. The van der Waals surface area contributed by atoms with E-state index < -0.39 is 6.09 Å². The van der Waals surface area contributed by atoms with E-state index in [2.05, 4.69) is 15.8 Å². The first kappa shape index (κ1) is 13.0. The van der Waals surface area contributed by atoms with Crippen molar-refractivity contribution in [3.63, 3.8) is 0 Å². The van der Waals surface area contributed by atoms with Gasteiger partial charge in [-0.05, 0) is 12.1 Å². The van der Waals surface area contributed by atoms with Crippen LogP contribution in [0, 0.1) is 0 Å². The topological polar surface area (TPSA) is 86.2 Å². The normalized spacial score (nSPS) is 14.1. The van der Waals surface area contributed by atoms with Gasteiger partial charge in [0.25, 0.3) is 0 Å². The summed E-state index contributed by atoms with van der Waals surface area (Å²) in [5.74, 6) is 0.300. The number of hydrazone groups is 1. The van der Waals surface area contributed by atoms with Crippen LogP contribution in [0.5, 0.6) is 0 Å². The zero-order valence-electron chi connectivity index (χ0n) is 9.92. The highest BCUT2D eigenvalue weighted by Crippen LogP contribution is 2.26. The van der Waals surface area contributed by atoms with Gasteiger partial charge >= 0.3 is 6.09 Å². The molecule has 0 saturated carbocycles. The van der Waals surface area contributed by atoms with Gasteiger partial charge in [0, 0.05) is 6.08 Å². The summed E-state index contributed by atoms with van der Waals surface area (Å²) < 4.78 is 5.01. The molecule has 7 nitrogen and oxygen atoms in total. The van der Waals surface area contributed by atoms with Crippen LogP contribution in [0.4, 0.5) is 16.2 Å². The molecule has 0 aliphatic carbocycles. The molecule has 1 aromatic rings. The molecule has 0 fully saturated rings. The predicted molar refractivity (Wildman–Crippen MR) is 72.1 cm³/mol. The second-order valence-corrected chi connectivity index (χ2v) is 3.91. The maximum atomic E-state index is 10.7. The number of ether oxygens (including phenoxy) is 1. The van der Waals surface area contributed by atoms with Crippen molar-refractivity contribution in [2.45, 2.75) is 0 Å². The Bertz CT molecular complexity index is 559. The molecule has 0 saturated heterocycles. The number of hydrogen-bond acceptors (Lipinski definition) is 5. The second kappa shape index (κ2) is 5.49. The van der Waals surface area contributed by atoms with Crippen LogP contribution in [0.15, 0.2) is 40.6 Å². The molecule has 1 aliphatic heterocycles. The van der Waals surface area contributed by atoms with Crippen molar-refractivity contribution in [2.75, 3.05) is 17.5 Å². The Morgan fingerprint density at radius 2 is 2.26 bits per heavy atom. The molecule has 0 atom stereocenters. The fourth-order valence-corrected chi connectivity index (χ4v) is 1.66. The quantitative estimate of drug-likeness (QED) is 0.724. The second-order valence-electron chi connectivity index (χ2n) is 3.51. The fourth-order valence-electron chi connectivity index (χ4n) is 1.49. The van der Waals surface area contributed by atoms with Gasteiger partial charge in [0.1, 0.15) is 10.8 Å². The Balaban J connectivity index is 2.34. The van der Waals surface area contributed by atoms with Gasteiger partial charge in [0.2, 0.25) is 5.90 Å². The molecular formula is C11H11ClN4O3. The Kier molecular flexibility index (Phi) is 3.76. The molecule has 3 N–H and O–H groups in total. The van der Waals surface area contributed by atoms with Crippen LogP contribution in [0.2, 0.25) is 0 Å². The number of methoxy groups -OCH3 is 1. The van der Waals surface area contributed by atoms with E-state index in [0.717, 1.165) is 0 Å². The summed E-state index contributed by atoms with van der Waals surface area (Å²) in [7, 11) is 1.46. The van der Waals surface area contributed by atoms with Crippen LogP contribution in [-0.4, -0.2) is 24.2 Å². The van der Waals surface area contributed by atoms with Gasteiger partial charge < -0.3 is 9.84 Å². The molecule has 2 rings (SSSR count). The first-order valence-corrected chi connectivity index (χ1v) is 5.63. The Labute approximate surface area is 114 Å². The molecule has 1 amide bonds. The highest BCUT2D eigenvalue weighted by molar-refractivity contribution is 6.31. The number of amides is 1. The number of anilines is 2. The van der Waals surface area contributed by atoms with E-state index in [1.54, 1.807) is 24.3 Å². The average molecular weight is 283 g/mol. The molecular weight excluding hydrogens is 272 g/mol. The number of hydrazine groups is 1. The van der Waals surface area contributed by atoms with E-state index in [-0.39, 0.29) is 0 Å². The minimum absolute atomic E-state index is 0.300. The van der Waals surface area contributed by atoms with E-state index in [9.17, 15) is 4.79 Å². The van der Waals surface area contributed by atoms with Crippen LogP contribution in [0.25, 0.3) is 0 Å². The zero-order chi connectivity index (χ0) is 13.8. The number of nitrogens with zero attached hydrogens (tertiary/aromatic N) is 2. The molecule has 100 valence electrons. The van der Waals surface area contributed by atoms with Gasteiger partial charge in [-0.1, -0.05) is 23.7 Å². The van der Waals surface area contributed by atoms with Gasteiger partial charge in [0.05, 0.1) is 12.8 Å². The maximum absolute atomic E-state index is 10.7. The molecule has 0 radical (unpaired) electrons. The van der Waals surface area contributed by atoms with E-state index in [1.165, 1.54) is 18.3 Å². The maximum Gasteiger partial charge on any atom is 0.409 e. The Morgan fingerprint density at radius 3 is 2.95 bits per heavy atom. The van der Waals surface area contributed by atoms with Crippen molar-refractivity contribution in [2.24, 2.45) is 5.10 Å². The molecule has 8 heteroatoms. The highest BCUT2D eigenvalue weighted by Gasteiger charge is 2.17. The number of para-hydroxylation sites is 2. The zero-order valence-corrected chi connectivity index (χ0v) is 10.7. The lowest BCUT2D eigenvalue weighted by Crippen LogP contribution is -2.36. The summed E-state index contributed by atoms with van der Waals surface area (Å²) in [4.78, 5) is 10.7. The minimum Gasteiger partial charge on any atom is -0.480 e. The summed E-state index contributed by atoms with van der Waals surface area (Å²) in [5.41, 5.74) is 3.63. The van der Waals surface area contributed by atoms with Gasteiger partial charge in [-0.2, -0.15) is 5.12 Å². The molecule has 0 aromatic heterocycles. The van der Waals surface area contributed by atoms with Crippen LogP contribution >= 0.6 is 11.6 Å². The number of benzene rings is 1. The van der Waals surface area contributed by atoms with Crippen LogP contribution < -0.4 is 15.9 Å². The Morgan fingerprint density at radius 1 is 1.53 bits per heavy atom. The van der Waals surface area contributed by atoms with Gasteiger partial charge in [-0.25, -0.2) is 4.79 Å². The molecule has 0 spiro atoms. The summed E-state index contributed by atoms with van der Waals surface area (Å²) in [6.07, 6.45) is 0.340. The van der Waals surface area contributed by atoms with E-state index >= 15 is 0 Å². The average Bonchev–Trinajstić information content (AvgIpc) is 2.38. The largest absolute Gasteiger partial charge is 0.480 e. The van der Waals surface area contributed by atoms with Crippen molar-refractivity contribution >= 4 is 35.0 Å². The third-order valence-electron chi connectivity index (χ3n) is 2.24. The third-order valence-corrected chi connectivity index (χ3v) is 2.44. The molecule has 1 aromatic carbocycles. The summed E-state index contributed by atoms with van der Waals surface area (Å²) in [5, 5.41) is 16.8. The number of nitrogens with one attached hydrogen (secondary N) is 2. The standard InChI is InChI=1S/C11H11ClN4O3/c1-19-10-6-9(12)14-16(15-10)8-5-3-2-4-7(8)13-11(17)18/h2-6,13-14H,1H3,(H,17,18). The van der Waals surface area contributed by atoms with E-state index in [4.69, 9.17) is 21.4 Å². The number of rotatable bonds is 2. The fraction of sp³-hybridized carbons (Fsp3) is 0.0909. The molecule has 1 aliphatic rings. The van der Waals surface area contributed by atoms with Crippen LogP contribution in [-0.2, 0) is 4.74 Å². The Hall–Kier alpha value is -2.41. The smallest absolute Gasteiger partial charge is 0.409 e. The molecule has 0 bridgehead atoms. The lowest BCUT2D eigenvalue weighted by Gasteiger charge is -2.25. The molecule has 19 heavy (non-hydrogen) atoms. The number of carboxylic acid groups (broad SMARTS) is 1. The predicted octanol–water partition coefficient (Wildman–Crippen LogP) is 2.14. The minimum atomic E-state index is -1.16. The summed E-state index contributed by atoms with van der Waals surface area (Å²) >= 11 is 5.90. The van der Waals surface area contributed by atoms with Crippen molar-refractivity contribution < 1.29 is 14.6 Å². The number of carbonyl (C=O) groups is 1. The van der Waals surface area contributed by atoms with Gasteiger partial charge in [-0.3, -0.25) is 10.7 Å². The van der Waals surface area contributed by atoms with Gasteiger partial charge in [-0.15, -0.1) is 5.10 Å². The molecule has 1 heterocycles. The summed E-state index contributed by atoms with van der Waals surface area (Å²) in [6, 6.07) is 6.75. The first-order chi connectivity index (χ1) is 9.10. The van der Waals surface area contributed by atoms with Crippen molar-refractivity contribution in [3.05, 3.63) is 35.5 Å². The summed E-state index contributed by atoms with van der Waals surface area (Å²) in [6.45, 7) is 0. The third kappa shape index (κ3) is 3.08. The van der Waals surface area contributed by atoms with Crippen molar-refractivity contribution in [1.82, 2.24) is 5.43 Å². The monoisotopic (exact) mass is 282 g/mol. The van der Waals surface area contributed by atoms with Crippen molar-refractivity contribution in [3.8, 4) is 0 Å². The number of halogens is 1. The first-order valence-electron chi connectivity index (χ1n) is 5.25. The van der Waals surface area contributed by atoms with Crippen molar-refractivity contribution in [1.29, 1.82) is 0 Å². The van der Waals surface area contributed by atoms with E-state index in [1.807, 2.05) is 0 Å². The number of hydrogen-bond donors (Lipinski definition) is 3. The van der Waals surface area contributed by atoms with Crippen LogP contribution in [0.3, 0.4) is 0 Å². The van der Waals surface area contributed by atoms with Gasteiger partial charge in [0.15, 0.2) is 0 Å². The van der Waals surface area contributed by atoms with E-state index in [0.29, 0.717) is 22.4 Å². The molecule has 0 unspecified atom stereocenters. The highest BCUT2D eigenvalue weighted by atomic mass is 35.5.